The van der Waals surface area contributed by atoms with E-state index in [4.69, 9.17) is 4.74 Å². The molecule has 0 radical (unpaired) electrons. The number of carbonyl (C=O) groups is 2. The quantitative estimate of drug-likeness (QED) is 0.551. The highest BCUT2D eigenvalue weighted by atomic mass is 32.2. The van der Waals surface area contributed by atoms with Crippen molar-refractivity contribution in [3.8, 4) is 0 Å². The maximum Gasteiger partial charge on any atom is 0.338 e. The number of carbonyl (C=O) groups excluding carboxylic acids is 2. The Hall–Kier alpha value is -3.23. The molecule has 0 unspecified atom stereocenters. The number of benzene rings is 3. The molecule has 0 spiro atoms. The van der Waals surface area contributed by atoms with Crippen molar-refractivity contribution in [2.45, 2.75) is 30.7 Å². The molecule has 2 N–H and O–H groups in total. The van der Waals surface area contributed by atoms with E-state index in [-0.39, 0.29) is 16.5 Å². The Morgan fingerprint density at radius 1 is 1.00 bits per heavy atom. The van der Waals surface area contributed by atoms with Crippen molar-refractivity contribution < 1.29 is 22.7 Å². The summed E-state index contributed by atoms with van der Waals surface area (Å²) in [7, 11) is -3.70. The minimum Gasteiger partial charge on any atom is -0.452 e. The molecule has 160 valence electrons. The zero-order chi connectivity index (χ0) is 22.0. The third-order valence-corrected chi connectivity index (χ3v) is 6.52. The Bertz CT molecular complexity index is 1270. The Labute approximate surface area is 180 Å². The van der Waals surface area contributed by atoms with Crippen LogP contribution < -0.4 is 10.0 Å². The molecule has 1 fully saturated rings. The molecule has 0 atom stereocenters. The van der Waals surface area contributed by atoms with E-state index in [1.54, 1.807) is 19.1 Å². The molecule has 3 aromatic rings. The summed E-state index contributed by atoms with van der Waals surface area (Å²) in [5.41, 5.74) is 1.26. The summed E-state index contributed by atoms with van der Waals surface area (Å²) in [5, 5.41) is 4.72. The lowest BCUT2D eigenvalue weighted by Gasteiger charge is -2.11. The minimum absolute atomic E-state index is 0.00225. The second kappa shape index (κ2) is 8.49. The summed E-state index contributed by atoms with van der Waals surface area (Å²) in [6, 6.07) is 17.5. The van der Waals surface area contributed by atoms with Gasteiger partial charge in [-0.1, -0.05) is 36.4 Å². The van der Waals surface area contributed by atoms with Gasteiger partial charge in [0.2, 0.25) is 10.0 Å². The summed E-state index contributed by atoms with van der Waals surface area (Å²) < 4.78 is 32.5. The normalized spacial score (nSPS) is 13.7. The Morgan fingerprint density at radius 2 is 1.74 bits per heavy atom. The number of esters is 1. The van der Waals surface area contributed by atoms with Gasteiger partial charge in [-0.2, -0.15) is 0 Å². The second-order valence-corrected chi connectivity index (χ2v) is 9.27. The molecule has 7 nitrogen and oxygen atoms in total. The third kappa shape index (κ3) is 5.10. The number of rotatable bonds is 7. The molecule has 0 heterocycles. The Kier molecular flexibility index (Phi) is 5.75. The van der Waals surface area contributed by atoms with Crippen molar-refractivity contribution in [2.24, 2.45) is 0 Å². The first-order valence-corrected chi connectivity index (χ1v) is 11.4. The maximum atomic E-state index is 12.5. The highest BCUT2D eigenvalue weighted by molar-refractivity contribution is 7.89. The van der Waals surface area contributed by atoms with Gasteiger partial charge in [0.15, 0.2) is 6.61 Å². The minimum atomic E-state index is -3.70. The number of aryl methyl sites for hydroxylation is 1. The van der Waals surface area contributed by atoms with E-state index in [1.165, 1.54) is 12.1 Å². The lowest BCUT2D eigenvalue weighted by atomic mass is 10.1. The fourth-order valence-electron chi connectivity index (χ4n) is 3.15. The smallest absolute Gasteiger partial charge is 0.338 e. The first-order valence-electron chi connectivity index (χ1n) is 9.90. The fourth-order valence-corrected chi connectivity index (χ4v) is 4.48. The Morgan fingerprint density at radius 3 is 2.48 bits per heavy atom. The second-order valence-electron chi connectivity index (χ2n) is 7.56. The van der Waals surface area contributed by atoms with E-state index in [1.807, 2.05) is 36.4 Å². The highest BCUT2D eigenvalue weighted by Gasteiger charge is 2.28. The topological polar surface area (TPSA) is 102 Å². The van der Waals surface area contributed by atoms with Crippen LogP contribution in [0.25, 0.3) is 10.8 Å². The average molecular weight is 439 g/mol. The molecule has 0 bridgehead atoms. The third-order valence-electron chi connectivity index (χ3n) is 5.01. The summed E-state index contributed by atoms with van der Waals surface area (Å²) in [6.07, 6.45) is 1.62. The molecule has 0 saturated heterocycles. The molecule has 4 rings (SSSR count). The van der Waals surface area contributed by atoms with Crippen molar-refractivity contribution in [3.63, 3.8) is 0 Å². The van der Waals surface area contributed by atoms with Crippen LogP contribution in [0.1, 0.15) is 28.8 Å². The molecule has 1 aliphatic rings. The van der Waals surface area contributed by atoms with Gasteiger partial charge in [-0.25, -0.2) is 17.9 Å². The van der Waals surface area contributed by atoms with Crippen LogP contribution in [0.15, 0.2) is 65.6 Å². The number of amides is 1. The van der Waals surface area contributed by atoms with E-state index < -0.39 is 28.5 Å². The van der Waals surface area contributed by atoms with E-state index in [0.29, 0.717) is 11.3 Å². The summed E-state index contributed by atoms with van der Waals surface area (Å²) >= 11 is 0. The number of anilines is 1. The van der Waals surface area contributed by atoms with Crippen molar-refractivity contribution in [2.75, 3.05) is 11.9 Å². The van der Waals surface area contributed by atoms with Gasteiger partial charge in [0, 0.05) is 11.7 Å². The van der Waals surface area contributed by atoms with Crippen LogP contribution in [0.3, 0.4) is 0 Å². The van der Waals surface area contributed by atoms with Crippen LogP contribution in [0, 0.1) is 6.92 Å². The van der Waals surface area contributed by atoms with E-state index in [2.05, 4.69) is 10.0 Å². The Balaban J connectivity index is 1.40. The predicted octanol–water partition coefficient (Wildman–Crippen LogP) is 3.38. The molecular formula is C23H22N2O5S. The predicted molar refractivity (Wildman–Crippen MR) is 117 cm³/mol. The van der Waals surface area contributed by atoms with Crippen molar-refractivity contribution in [3.05, 3.63) is 71.8 Å². The van der Waals surface area contributed by atoms with Gasteiger partial charge in [-0.3, -0.25) is 4.79 Å². The van der Waals surface area contributed by atoms with E-state index in [9.17, 15) is 18.0 Å². The van der Waals surface area contributed by atoms with Crippen molar-refractivity contribution >= 4 is 38.4 Å². The van der Waals surface area contributed by atoms with Gasteiger partial charge in [-0.05, 0) is 60.4 Å². The summed E-state index contributed by atoms with van der Waals surface area (Å²) in [6.45, 7) is 1.19. The molecular weight excluding hydrogens is 416 g/mol. The summed E-state index contributed by atoms with van der Waals surface area (Å²) in [4.78, 5) is 24.7. The number of hydrogen-bond acceptors (Lipinski definition) is 5. The SMILES string of the molecule is Cc1ccc(S(=O)(=O)NC2CC2)cc1C(=O)OCC(=O)Nc1ccc2ccccc2c1. The standard InChI is InChI=1S/C23H22N2O5S/c1-15-6-11-20(31(28,29)25-18-9-10-18)13-21(15)23(27)30-14-22(26)24-19-8-7-16-4-2-3-5-17(16)12-19/h2-8,11-13,18,25H,9-10,14H2,1H3,(H,24,26). The molecule has 3 aromatic carbocycles. The van der Waals surface area contributed by atoms with Crippen LogP contribution >= 0.6 is 0 Å². The highest BCUT2D eigenvalue weighted by Crippen LogP contribution is 2.23. The van der Waals surface area contributed by atoms with Crippen LogP contribution in [-0.4, -0.2) is 32.9 Å². The largest absolute Gasteiger partial charge is 0.452 e. The van der Waals surface area contributed by atoms with Crippen LogP contribution in [0.5, 0.6) is 0 Å². The lowest BCUT2D eigenvalue weighted by Crippen LogP contribution is -2.26. The first kappa shape index (κ1) is 21.0. The van der Waals surface area contributed by atoms with Crippen LogP contribution in [0.4, 0.5) is 5.69 Å². The summed E-state index contributed by atoms with van der Waals surface area (Å²) in [5.74, 6) is -1.24. The molecule has 1 aliphatic carbocycles. The monoisotopic (exact) mass is 438 g/mol. The number of fused-ring (bicyclic) bond motifs is 1. The lowest BCUT2D eigenvalue weighted by molar-refractivity contribution is -0.119. The number of nitrogens with one attached hydrogen (secondary N) is 2. The fraction of sp³-hybridized carbons (Fsp3) is 0.217. The molecule has 0 aliphatic heterocycles. The van der Waals surface area contributed by atoms with Gasteiger partial charge < -0.3 is 10.1 Å². The van der Waals surface area contributed by atoms with Crippen molar-refractivity contribution in [1.29, 1.82) is 0 Å². The number of sulfonamides is 1. The maximum absolute atomic E-state index is 12.5. The molecule has 1 amide bonds. The van der Waals surface area contributed by atoms with Gasteiger partial charge in [0.25, 0.3) is 5.91 Å². The zero-order valence-electron chi connectivity index (χ0n) is 16.9. The van der Waals surface area contributed by atoms with Gasteiger partial charge in [-0.15, -0.1) is 0 Å². The number of hydrogen-bond donors (Lipinski definition) is 2. The average Bonchev–Trinajstić information content (AvgIpc) is 3.55. The van der Waals surface area contributed by atoms with E-state index >= 15 is 0 Å². The molecule has 0 aromatic heterocycles. The van der Waals surface area contributed by atoms with Gasteiger partial charge in [0.1, 0.15) is 0 Å². The first-order chi connectivity index (χ1) is 14.8. The zero-order valence-corrected chi connectivity index (χ0v) is 17.7. The molecule has 8 heteroatoms. The number of ether oxygens (including phenoxy) is 1. The van der Waals surface area contributed by atoms with Gasteiger partial charge >= 0.3 is 5.97 Å². The molecule has 1 saturated carbocycles. The van der Waals surface area contributed by atoms with Crippen LogP contribution in [0.2, 0.25) is 0 Å². The van der Waals surface area contributed by atoms with Crippen LogP contribution in [-0.2, 0) is 19.6 Å². The van der Waals surface area contributed by atoms with Crippen molar-refractivity contribution in [1.82, 2.24) is 4.72 Å². The van der Waals surface area contributed by atoms with Gasteiger partial charge in [0.05, 0.1) is 10.5 Å². The molecule has 31 heavy (non-hydrogen) atoms. The van der Waals surface area contributed by atoms with E-state index in [0.717, 1.165) is 23.6 Å².